The number of nitrogens with zero attached hydrogens (tertiary/aromatic N) is 3. The number of carbonyl (C=O) groups excluding carboxylic acids is 2. The van der Waals surface area contributed by atoms with Crippen LogP contribution in [-0.2, 0) is 27.1 Å². The molecule has 2 N–H and O–H groups in total. The fourth-order valence-corrected chi connectivity index (χ4v) is 3.82. The van der Waals surface area contributed by atoms with Crippen LogP contribution in [0.4, 0.5) is 14.9 Å². The van der Waals surface area contributed by atoms with Crippen molar-refractivity contribution in [1.82, 2.24) is 20.3 Å². The number of carbonyl (C=O) groups is 2. The molecule has 1 atom stereocenters. The average molecular weight is 556 g/mol. The van der Waals surface area contributed by atoms with Gasteiger partial charge < -0.3 is 19.8 Å². The highest BCUT2D eigenvalue weighted by Crippen LogP contribution is 2.29. The van der Waals surface area contributed by atoms with Gasteiger partial charge in [-0.05, 0) is 59.7 Å². The number of pyridine rings is 1. The van der Waals surface area contributed by atoms with E-state index < -0.39 is 40.0 Å². The number of rotatable bonds is 9. The van der Waals surface area contributed by atoms with E-state index in [4.69, 9.17) is 9.47 Å². The van der Waals surface area contributed by atoms with Crippen LogP contribution in [0.2, 0.25) is 0 Å². The summed E-state index contributed by atoms with van der Waals surface area (Å²) in [4.78, 5) is 47.6. The molecule has 0 bridgehead atoms. The minimum absolute atomic E-state index is 0.0291. The van der Waals surface area contributed by atoms with Gasteiger partial charge in [0, 0.05) is 24.6 Å². The first kappa shape index (κ1) is 30.2. The van der Waals surface area contributed by atoms with Gasteiger partial charge in [0.1, 0.15) is 22.8 Å². The SMILES string of the molecule is CC(C)(C)OC(=O)CCc1nc(CC(NC(=O)OC(C)(C)C)c2ncc(-c3ccccc3[N+](=O)[O-])[nH]2)ccc1F. The van der Waals surface area contributed by atoms with Crippen molar-refractivity contribution in [2.75, 3.05) is 0 Å². The molecule has 0 radical (unpaired) electrons. The molecular formula is C28H34FN5O6. The predicted molar refractivity (Wildman–Crippen MR) is 145 cm³/mol. The third-order valence-corrected chi connectivity index (χ3v) is 5.38. The van der Waals surface area contributed by atoms with Crippen molar-refractivity contribution >= 4 is 17.7 Å². The van der Waals surface area contributed by atoms with E-state index in [-0.39, 0.29) is 30.6 Å². The molecule has 0 saturated carbocycles. The molecule has 0 spiro atoms. The van der Waals surface area contributed by atoms with Gasteiger partial charge in [-0.3, -0.25) is 19.9 Å². The number of nitro benzene ring substituents is 1. The van der Waals surface area contributed by atoms with Gasteiger partial charge in [0.05, 0.1) is 40.5 Å². The second-order valence-electron chi connectivity index (χ2n) is 11.2. The third-order valence-electron chi connectivity index (χ3n) is 5.38. The second kappa shape index (κ2) is 12.2. The Kier molecular flexibility index (Phi) is 9.23. The summed E-state index contributed by atoms with van der Waals surface area (Å²) >= 11 is 0. The maximum Gasteiger partial charge on any atom is 0.408 e. The number of ether oxygens (including phenoxy) is 2. The summed E-state index contributed by atoms with van der Waals surface area (Å²) in [5.74, 6) is -0.747. The zero-order chi connectivity index (χ0) is 29.7. The zero-order valence-electron chi connectivity index (χ0n) is 23.4. The van der Waals surface area contributed by atoms with E-state index >= 15 is 0 Å². The molecule has 0 aliphatic rings. The van der Waals surface area contributed by atoms with Crippen LogP contribution in [0, 0.1) is 15.9 Å². The number of benzene rings is 1. The lowest BCUT2D eigenvalue weighted by Gasteiger charge is -2.23. The molecule has 1 unspecified atom stereocenters. The van der Waals surface area contributed by atoms with Gasteiger partial charge in [0.25, 0.3) is 5.69 Å². The Morgan fingerprint density at radius 3 is 2.40 bits per heavy atom. The van der Waals surface area contributed by atoms with Crippen molar-refractivity contribution in [1.29, 1.82) is 0 Å². The summed E-state index contributed by atoms with van der Waals surface area (Å²) in [6, 6.07) is 8.12. The molecule has 1 aromatic carbocycles. The first-order chi connectivity index (χ1) is 18.6. The number of aromatic nitrogens is 3. The summed E-state index contributed by atoms with van der Waals surface area (Å²) < 4.78 is 25.2. The molecule has 214 valence electrons. The highest BCUT2D eigenvalue weighted by Gasteiger charge is 2.25. The van der Waals surface area contributed by atoms with E-state index in [2.05, 4.69) is 20.3 Å². The molecule has 2 aromatic heterocycles. The summed E-state index contributed by atoms with van der Waals surface area (Å²) in [6.07, 6.45) is 0.783. The van der Waals surface area contributed by atoms with E-state index in [1.807, 2.05) is 0 Å². The Balaban J connectivity index is 1.88. The molecule has 0 saturated heterocycles. The van der Waals surface area contributed by atoms with Crippen LogP contribution in [0.1, 0.15) is 71.2 Å². The van der Waals surface area contributed by atoms with Gasteiger partial charge in [0.15, 0.2) is 0 Å². The lowest BCUT2D eigenvalue weighted by molar-refractivity contribution is -0.384. The molecule has 0 fully saturated rings. The number of halogens is 1. The number of H-pyrrole nitrogens is 1. The topological polar surface area (TPSA) is 149 Å². The van der Waals surface area contributed by atoms with E-state index in [0.29, 0.717) is 22.8 Å². The minimum atomic E-state index is -0.803. The first-order valence-corrected chi connectivity index (χ1v) is 12.8. The quantitative estimate of drug-likeness (QED) is 0.197. The number of imidazole rings is 1. The number of aryl methyl sites for hydroxylation is 1. The Morgan fingerprint density at radius 1 is 1.07 bits per heavy atom. The molecule has 3 aromatic rings. The van der Waals surface area contributed by atoms with Crippen LogP contribution < -0.4 is 5.32 Å². The average Bonchev–Trinajstić information content (AvgIpc) is 3.32. The van der Waals surface area contributed by atoms with Crippen molar-refractivity contribution in [2.45, 2.75) is 78.0 Å². The molecule has 12 heteroatoms. The lowest BCUT2D eigenvalue weighted by Crippen LogP contribution is -2.36. The summed E-state index contributed by atoms with van der Waals surface area (Å²) in [5, 5.41) is 14.3. The Labute approximate surface area is 231 Å². The third kappa shape index (κ3) is 8.85. The van der Waals surface area contributed by atoms with Crippen LogP contribution in [0.25, 0.3) is 11.3 Å². The monoisotopic (exact) mass is 555 g/mol. The normalized spacial score (nSPS) is 12.5. The Hall–Kier alpha value is -4.35. The van der Waals surface area contributed by atoms with Gasteiger partial charge >= 0.3 is 12.1 Å². The van der Waals surface area contributed by atoms with Crippen LogP contribution in [0.5, 0.6) is 0 Å². The molecule has 0 aliphatic carbocycles. The van der Waals surface area contributed by atoms with Crippen molar-refractivity contribution < 1.29 is 28.4 Å². The molecule has 11 nitrogen and oxygen atoms in total. The highest BCUT2D eigenvalue weighted by molar-refractivity contribution is 5.71. The molecule has 0 aliphatic heterocycles. The number of para-hydroxylation sites is 1. The van der Waals surface area contributed by atoms with Crippen LogP contribution in [-0.4, -0.2) is 43.1 Å². The van der Waals surface area contributed by atoms with Gasteiger partial charge in [-0.15, -0.1) is 0 Å². The van der Waals surface area contributed by atoms with E-state index in [1.165, 1.54) is 24.4 Å². The zero-order valence-corrected chi connectivity index (χ0v) is 23.4. The van der Waals surface area contributed by atoms with E-state index in [0.717, 1.165) is 0 Å². The number of alkyl carbamates (subject to hydrolysis) is 1. The van der Waals surface area contributed by atoms with E-state index in [9.17, 15) is 24.1 Å². The van der Waals surface area contributed by atoms with Crippen LogP contribution >= 0.6 is 0 Å². The largest absolute Gasteiger partial charge is 0.460 e. The van der Waals surface area contributed by atoms with Crippen molar-refractivity contribution in [2.24, 2.45) is 0 Å². The lowest BCUT2D eigenvalue weighted by atomic mass is 10.1. The van der Waals surface area contributed by atoms with Gasteiger partial charge in [0.2, 0.25) is 0 Å². The maximum atomic E-state index is 14.5. The van der Waals surface area contributed by atoms with Crippen molar-refractivity contribution in [3.63, 3.8) is 0 Å². The van der Waals surface area contributed by atoms with Gasteiger partial charge in [-0.25, -0.2) is 14.2 Å². The fourth-order valence-electron chi connectivity index (χ4n) is 3.82. The second-order valence-corrected chi connectivity index (χ2v) is 11.2. The van der Waals surface area contributed by atoms with Crippen LogP contribution in [0.15, 0.2) is 42.6 Å². The molecular weight excluding hydrogens is 521 g/mol. The maximum absolute atomic E-state index is 14.5. The molecule has 1 amide bonds. The summed E-state index contributed by atoms with van der Waals surface area (Å²) in [6.45, 7) is 10.4. The standard InChI is InChI=1S/C28H34FN5O6/c1-27(2,3)39-24(35)14-13-20-19(29)12-11-17(31-20)15-21(33-26(36)40-28(4,5)6)25-30-16-22(32-25)18-9-7-8-10-23(18)34(37)38/h7-12,16,21H,13-15H2,1-6H3,(H,30,32)(H,33,36). The minimum Gasteiger partial charge on any atom is -0.460 e. The molecule has 2 heterocycles. The number of hydrogen-bond donors (Lipinski definition) is 2. The Morgan fingerprint density at radius 2 is 1.75 bits per heavy atom. The number of amides is 1. The predicted octanol–water partition coefficient (Wildman–Crippen LogP) is 5.60. The fraction of sp³-hybridized carbons (Fsp3) is 0.429. The summed E-state index contributed by atoms with van der Waals surface area (Å²) in [5.41, 5.74) is -0.326. The van der Waals surface area contributed by atoms with Crippen LogP contribution in [0.3, 0.4) is 0 Å². The number of aromatic amines is 1. The smallest absolute Gasteiger partial charge is 0.408 e. The summed E-state index contributed by atoms with van der Waals surface area (Å²) in [7, 11) is 0. The number of hydrogen-bond acceptors (Lipinski definition) is 8. The molecule has 40 heavy (non-hydrogen) atoms. The molecule has 3 rings (SSSR count). The number of nitrogens with one attached hydrogen (secondary N) is 2. The number of nitro groups is 1. The number of esters is 1. The first-order valence-electron chi connectivity index (χ1n) is 12.8. The van der Waals surface area contributed by atoms with E-state index in [1.54, 1.807) is 59.7 Å². The van der Waals surface area contributed by atoms with Crippen molar-refractivity contribution in [3.05, 3.63) is 75.7 Å². The Bertz CT molecular complexity index is 1380. The van der Waals surface area contributed by atoms with Crippen molar-refractivity contribution in [3.8, 4) is 11.3 Å². The highest BCUT2D eigenvalue weighted by atomic mass is 19.1. The van der Waals surface area contributed by atoms with Gasteiger partial charge in [-0.2, -0.15) is 0 Å². The van der Waals surface area contributed by atoms with Gasteiger partial charge in [-0.1, -0.05) is 12.1 Å².